The highest BCUT2D eigenvalue weighted by Crippen LogP contribution is 2.52. The van der Waals surface area contributed by atoms with E-state index in [9.17, 15) is 9.59 Å². The summed E-state index contributed by atoms with van der Waals surface area (Å²) in [7, 11) is 3.96. The van der Waals surface area contributed by atoms with Crippen LogP contribution >= 0.6 is 0 Å². The zero-order valence-electron chi connectivity index (χ0n) is 18.3. The molecule has 4 atom stereocenters. The summed E-state index contributed by atoms with van der Waals surface area (Å²) in [4.78, 5) is 36.1. The summed E-state index contributed by atoms with van der Waals surface area (Å²) >= 11 is 0. The molecule has 0 aromatic heterocycles. The van der Waals surface area contributed by atoms with E-state index in [0.29, 0.717) is 13.1 Å². The zero-order valence-corrected chi connectivity index (χ0v) is 18.3. The molecule has 2 heterocycles. The molecule has 4 unspecified atom stereocenters. The number of fused-ring (bicyclic) bond motifs is 5. The molecule has 2 amide bonds. The van der Waals surface area contributed by atoms with Crippen LogP contribution in [0.4, 0.5) is 0 Å². The predicted molar refractivity (Wildman–Crippen MR) is 117 cm³/mol. The molecule has 4 rings (SSSR count). The van der Waals surface area contributed by atoms with Gasteiger partial charge in [0, 0.05) is 46.3 Å². The van der Waals surface area contributed by atoms with Gasteiger partial charge in [-0.25, -0.2) is 0 Å². The number of likely N-dealkylation sites (tertiary alicyclic amines) is 1. The van der Waals surface area contributed by atoms with Gasteiger partial charge >= 0.3 is 0 Å². The van der Waals surface area contributed by atoms with Crippen molar-refractivity contribution in [3.05, 3.63) is 12.2 Å². The molecule has 2 aliphatic heterocycles. The number of imide groups is 1. The molecule has 8 nitrogen and oxygen atoms in total. The fraction of sp³-hybridized carbons (Fsp3) is 0.773. The first-order valence-electron chi connectivity index (χ1n) is 11.5. The second-order valence-electron chi connectivity index (χ2n) is 9.11. The number of allylic oxidation sites excluding steroid dienone is 2. The van der Waals surface area contributed by atoms with Crippen LogP contribution in [0.15, 0.2) is 17.1 Å². The Balaban J connectivity index is 1.14. The van der Waals surface area contributed by atoms with Gasteiger partial charge < -0.3 is 20.4 Å². The molecule has 8 heteroatoms. The van der Waals surface area contributed by atoms with Gasteiger partial charge in [0.05, 0.1) is 11.8 Å². The second-order valence-corrected chi connectivity index (χ2v) is 9.11. The monoisotopic (exact) mass is 416 g/mol. The third-order valence-electron chi connectivity index (χ3n) is 7.17. The standard InChI is InChI=1S/C22H36N6O2/c1-23-22(25-8-12-27-10-4-9-26(2)13-14-27)24-7-3-11-28-20(29)18-16-5-6-17(15-16)19(18)21(28)30/h5-6,16-19H,3-4,7-15H2,1-2H3,(H2,23,24,25). The van der Waals surface area contributed by atoms with Crippen LogP contribution in [0.1, 0.15) is 19.3 Å². The second kappa shape index (κ2) is 9.47. The highest BCUT2D eigenvalue weighted by Gasteiger charge is 2.58. The number of likely N-dealkylation sites (N-methyl/N-ethyl adjacent to an activating group) is 1. The molecule has 2 aliphatic carbocycles. The molecule has 2 bridgehead atoms. The molecule has 166 valence electrons. The van der Waals surface area contributed by atoms with E-state index in [1.54, 1.807) is 7.05 Å². The van der Waals surface area contributed by atoms with Crippen LogP contribution in [0.3, 0.4) is 0 Å². The molecule has 0 aromatic carbocycles. The predicted octanol–water partition coefficient (Wildman–Crippen LogP) is -0.0139. The van der Waals surface area contributed by atoms with Crippen molar-refractivity contribution in [2.24, 2.45) is 28.7 Å². The SMILES string of the molecule is CN=C(NCCCN1C(=O)C2C3C=CC(C3)C2C1=O)NCCN1CCCN(C)CC1. The smallest absolute Gasteiger partial charge is 0.233 e. The number of nitrogens with one attached hydrogen (secondary N) is 2. The van der Waals surface area contributed by atoms with Gasteiger partial charge in [-0.15, -0.1) is 0 Å². The Kier molecular flexibility index (Phi) is 6.73. The van der Waals surface area contributed by atoms with Crippen LogP contribution in [0.2, 0.25) is 0 Å². The Morgan fingerprint density at radius 3 is 2.40 bits per heavy atom. The van der Waals surface area contributed by atoms with E-state index >= 15 is 0 Å². The molecule has 2 saturated heterocycles. The Morgan fingerprint density at radius 2 is 1.70 bits per heavy atom. The number of hydrogen-bond donors (Lipinski definition) is 2. The molecule has 0 spiro atoms. The maximum Gasteiger partial charge on any atom is 0.233 e. The van der Waals surface area contributed by atoms with Crippen LogP contribution in [-0.4, -0.2) is 98.9 Å². The van der Waals surface area contributed by atoms with E-state index in [1.165, 1.54) is 17.9 Å². The number of carbonyl (C=O) groups is 2. The number of guanidine groups is 1. The van der Waals surface area contributed by atoms with Crippen molar-refractivity contribution in [1.29, 1.82) is 0 Å². The Morgan fingerprint density at radius 1 is 1.00 bits per heavy atom. The van der Waals surface area contributed by atoms with Crippen LogP contribution < -0.4 is 10.6 Å². The summed E-state index contributed by atoms with van der Waals surface area (Å²) in [6.07, 6.45) is 7.22. The molecule has 1 saturated carbocycles. The average molecular weight is 417 g/mol. The lowest BCUT2D eigenvalue weighted by Gasteiger charge is -2.21. The quantitative estimate of drug-likeness (QED) is 0.200. The highest BCUT2D eigenvalue weighted by atomic mass is 16.2. The first kappa shape index (κ1) is 21.3. The fourth-order valence-corrected chi connectivity index (χ4v) is 5.51. The number of hydrogen-bond acceptors (Lipinski definition) is 5. The number of carbonyl (C=O) groups excluding carboxylic acids is 2. The lowest BCUT2D eigenvalue weighted by atomic mass is 9.85. The number of nitrogens with zero attached hydrogens (tertiary/aromatic N) is 4. The third kappa shape index (κ3) is 4.39. The minimum absolute atomic E-state index is 0.0486. The van der Waals surface area contributed by atoms with E-state index in [2.05, 4.69) is 44.6 Å². The van der Waals surface area contributed by atoms with Crippen molar-refractivity contribution in [2.45, 2.75) is 19.3 Å². The van der Waals surface area contributed by atoms with Crippen LogP contribution in [0.5, 0.6) is 0 Å². The average Bonchev–Trinajstić information content (AvgIpc) is 3.37. The molecule has 0 radical (unpaired) electrons. The first-order valence-corrected chi connectivity index (χ1v) is 11.5. The van der Waals surface area contributed by atoms with Crippen molar-refractivity contribution < 1.29 is 9.59 Å². The van der Waals surface area contributed by atoms with E-state index < -0.39 is 0 Å². The molecule has 4 aliphatic rings. The van der Waals surface area contributed by atoms with E-state index in [0.717, 1.165) is 51.5 Å². The van der Waals surface area contributed by atoms with E-state index in [1.807, 2.05) is 0 Å². The van der Waals surface area contributed by atoms with Crippen LogP contribution in [-0.2, 0) is 9.59 Å². The number of amides is 2. The molecule has 0 aromatic rings. The van der Waals surface area contributed by atoms with Gasteiger partial charge in [0.15, 0.2) is 5.96 Å². The third-order valence-corrected chi connectivity index (χ3v) is 7.17. The van der Waals surface area contributed by atoms with Gasteiger partial charge in [-0.1, -0.05) is 12.2 Å². The van der Waals surface area contributed by atoms with E-state index in [-0.39, 0.29) is 35.5 Å². The number of aliphatic imine (C=N–C) groups is 1. The Hall–Kier alpha value is -1.93. The summed E-state index contributed by atoms with van der Waals surface area (Å²) < 4.78 is 0. The van der Waals surface area contributed by atoms with Crippen molar-refractivity contribution in [3.63, 3.8) is 0 Å². The normalized spacial score (nSPS) is 32.1. The van der Waals surface area contributed by atoms with Gasteiger partial charge in [0.25, 0.3) is 0 Å². The van der Waals surface area contributed by atoms with Crippen molar-refractivity contribution in [1.82, 2.24) is 25.3 Å². The van der Waals surface area contributed by atoms with Crippen molar-refractivity contribution >= 4 is 17.8 Å². The lowest BCUT2D eigenvalue weighted by Crippen LogP contribution is -2.43. The van der Waals surface area contributed by atoms with Crippen molar-refractivity contribution in [2.75, 3.05) is 66.5 Å². The van der Waals surface area contributed by atoms with Crippen molar-refractivity contribution in [3.8, 4) is 0 Å². The minimum atomic E-state index is -0.0892. The maximum absolute atomic E-state index is 12.7. The van der Waals surface area contributed by atoms with Crippen LogP contribution in [0, 0.1) is 23.7 Å². The molecule has 3 fully saturated rings. The minimum Gasteiger partial charge on any atom is -0.356 e. The van der Waals surface area contributed by atoms with E-state index in [4.69, 9.17) is 0 Å². The maximum atomic E-state index is 12.7. The first-order chi connectivity index (χ1) is 14.6. The number of rotatable bonds is 7. The summed E-state index contributed by atoms with van der Waals surface area (Å²) in [6.45, 7) is 7.60. The van der Waals surface area contributed by atoms with Crippen LogP contribution in [0.25, 0.3) is 0 Å². The lowest BCUT2D eigenvalue weighted by molar-refractivity contribution is -0.140. The molecular formula is C22H36N6O2. The largest absolute Gasteiger partial charge is 0.356 e. The summed E-state index contributed by atoms with van der Waals surface area (Å²) in [5.74, 6) is 1.27. The van der Waals surface area contributed by atoms with Gasteiger partial charge in [-0.05, 0) is 51.2 Å². The summed E-state index contributed by atoms with van der Waals surface area (Å²) in [6, 6.07) is 0. The highest BCUT2D eigenvalue weighted by molar-refractivity contribution is 6.06. The fourth-order valence-electron chi connectivity index (χ4n) is 5.51. The molecule has 2 N–H and O–H groups in total. The zero-order chi connectivity index (χ0) is 21.1. The Bertz CT molecular complexity index is 678. The molecule has 30 heavy (non-hydrogen) atoms. The van der Waals surface area contributed by atoms with Gasteiger partial charge in [-0.3, -0.25) is 19.5 Å². The summed E-state index contributed by atoms with van der Waals surface area (Å²) in [5.41, 5.74) is 0. The van der Waals surface area contributed by atoms with Gasteiger partial charge in [0.2, 0.25) is 11.8 Å². The molecular weight excluding hydrogens is 380 g/mol. The van der Waals surface area contributed by atoms with Gasteiger partial charge in [-0.2, -0.15) is 0 Å². The van der Waals surface area contributed by atoms with Gasteiger partial charge in [0.1, 0.15) is 0 Å². The topological polar surface area (TPSA) is 80.3 Å². The summed E-state index contributed by atoms with van der Waals surface area (Å²) in [5, 5.41) is 6.69. The Labute approximate surface area is 179 Å².